The molecule has 11 heavy (non-hydrogen) atoms. The summed E-state index contributed by atoms with van der Waals surface area (Å²) in [6.45, 7) is 1.34. The molecule has 0 saturated heterocycles. The number of nitrogens with two attached hydrogens (primary N) is 1. The molecule has 2 N–H and O–H groups in total. The number of alkyl halides is 2. The van der Waals surface area contributed by atoms with E-state index in [0.29, 0.717) is 5.82 Å². The van der Waals surface area contributed by atoms with Crippen LogP contribution in [0.1, 0.15) is 5.56 Å². The highest BCUT2D eigenvalue weighted by molar-refractivity contribution is 5.35. The van der Waals surface area contributed by atoms with Crippen molar-refractivity contribution in [3.8, 4) is 0 Å². The van der Waals surface area contributed by atoms with E-state index in [2.05, 4.69) is 5.10 Å². The van der Waals surface area contributed by atoms with Crippen molar-refractivity contribution in [3.63, 3.8) is 0 Å². The zero-order chi connectivity index (χ0) is 8.43. The number of anilines is 1. The lowest BCUT2D eigenvalue weighted by Gasteiger charge is -1.97. The number of aromatic nitrogens is 2. The topological polar surface area (TPSA) is 43.8 Å². The molecule has 0 aromatic carbocycles. The zero-order valence-corrected chi connectivity index (χ0v) is 6.09. The van der Waals surface area contributed by atoms with E-state index in [4.69, 9.17) is 5.73 Å². The van der Waals surface area contributed by atoms with Gasteiger partial charge in [-0.15, -0.1) is 0 Å². The lowest BCUT2D eigenvalue weighted by Crippen LogP contribution is -2.07. The minimum absolute atomic E-state index is 0.311. The van der Waals surface area contributed by atoms with Crippen LogP contribution in [0.3, 0.4) is 0 Å². The molecule has 1 rings (SSSR count). The first kappa shape index (κ1) is 7.97. The number of halogens is 2. The summed E-state index contributed by atoms with van der Waals surface area (Å²) >= 11 is 0. The van der Waals surface area contributed by atoms with E-state index in [0.717, 1.165) is 10.2 Å². The van der Waals surface area contributed by atoms with Crippen LogP contribution < -0.4 is 5.73 Å². The third kappa shape index (κ3) is 1.89. The standard InChI is InChI=1S/C6H9F2N3/c1-4-2-11(3-5(7)8)10-6(4)9/h2,5H,3H2,1H3,(H2,9,10). The van der Waals surface area contributed by atoms with Crippen molar-refractivity contribution < 1.29 is 8.78 Å². The van der Waals surface area contributed by atoms with Crippen molar-refractivity contribution in [2.75, 3.05) is 5.73 Å². The predicted octanol–water partition coefficient (Wildman–Crippen LogP) is 1.04. The van der Waals surface area contributed by atoms with Gasteiger partial charge in [0, 0.05) is 11.8 Å². The monoisotopic (exact) mass is 161 g/mol. The molecule has 5 heteroatoms. The number of nitrogens with zero attached hydrogens (tertiary/aromatic N) is 2. The Balaban J connectivity index is 2.73. The molecular weight excluding hydrogens is 152 g/mol. The summed E-state index contributed by atoms with van der Waals surface area (Å²) < 4.78 is 24.7. The van der Waals surface area contributed by atoms with E-state index < -0.39 is 13.0 Å². The molecule has 0 saturated carbocycles. The Labute approximate surface area is 62.8 Å². The van der Waals surface area contributed by atoms with Crippen LogP contribution in [-0.2, 0) is 6.54 Å². The zero-order valence-electron chi connectivity index (χ0n) is 6.09. The molecule has 1 aromatic rings. The fraction of sp³-hybridized carbons (Fsp3) is 0.500. The summed E-state index contributed by atoms with van der Waals surface area (Å²) in [6, 6.07) is 0. The van der Waals surface area contributed by atoms with Gasteiger partial charge < -0.3 is 5.73 Å². The maximum absolute atomic E-state index is 11.8. The third-order valence-electron chi connectivity index (χ3n) is 1.31. The molecule has 0 aliphatic carbocycles. The molecular formula is C6H9F2N3. The second kappa shape index (κ2) is 2.86. The van der Waals surface area contributed by atoms with Crippen LogP contribution in [0.2, 0.25) is 0 Å². The van der Waals surface area contributed by atoms with Crippen LogP contribution in [0.5, 0.6) is 0 Å². The van der Waals surface area contributed by atoms with E-state index >= 15 is 0 Å². The van der Waals surface area contributed by atoms with Gasteiger partial charge in [-0.3, -0.25) is 4.68 Å². The largest absolute Gasteiger partial charge is 0.382 e. The molecule has 3 nitrogen and oxygen atoms in total. The Bertz CT molecular complexity index is 224. The van der Waals surface area contributed by atoms with Gasteiger partial charge in [0.2, 0.25) is 0 Å². The third-order valence-corrected chi connectivity index (χ3v) is 1.31. The normalized spacial score (nSPS) is 10.9. The molecule has 0 unspecified atom stereocenters. The highest BCUT2D eigenvalue weighted by Gasteiger charge is 2.06. The first-order valence-electron chi connectivity index (χ1n) is 3.17. The number of hydrogen-bond donors (Lipinski definition) is 1. The minimum Gasteiger partial charge on any atom is -0.382 e. The van der Waals surface area contributed by atoms with E-state index in [1.165, 1.54) is 6.20 Å². The van der Waals surface area contributed by atoms with Gasteiger partial charge in [-0.1, -0.05) is 0 Å². The second-order valence-corrected chi connectivity index (χ2v) is 2.31. The molecule has 0 radical (unpaired) electrons. The Hall–Kier alpha value is -1.13. The molecule has 0 aliphatic heterocycles. The SMILES string of the molecule is Cc1cn(CC(F)F)nc1N. The summed E-state index contributed by atoms with van der Waals surface area (Å²) in [7, 11) is 0. The number of hydrogen-bond acceptors (Lipinski definition) is 2. The van der Waals surface area contributed by atoms with Crippen LogP contribution in [0.4, 0.5) is 14.6 Å². The van der Waals surface area contributed by atoms with E-state index in [9.17, 15) is 8.78 Å². The first-order chi connectivity index (χ1) is 5.09. The van der Waals surface area contributed by atoms with Crippen LogP contribution in [-0.4, -0.2) is 16.2 Å². The summed E-state index contributed by atoms with van der Waals surface area (Å²) in [5.41, 5.74) is 6.07. The Kier molecular flexibility index (Phi) is 2.07. The molecule has 0 amide bonds. The van der Waals surface area contributed by atoms with E-state index in [-0.39, 0.29) is 0 Å². The predicted molar refractivity (Wildman–Crippen MR) is 37.4 cm³/mol. The van der Waals surface area contributed by atoms with Crippen molar-refractivity contribution in [1.82, 2.24) is 9.78 Å². The molecule has 62 valence electrons. The molecule has 1 heterocycles. The lowest BCUT2D eigenvalue weighted by molar-refractivity contribution is 0.122. The Morgan fingerprint density at radius 3 is 2.73 bits per heavy atom. The Morgan fingerprint density at radius 2 is 2.36 bits per heavy atom. The molecule has 0 aliphatic rings. The average molecular weight is 161 g/mol. The van der Waals surface area contributed by atoms with Gasteiger partial charge in [0.05, 0.1) is 0 Å². The summed E-state index contributed by atoms with van der Waals surface area (Å²) in [5, 5.41) is 3.66. The highest BCUT2D eigenvalue weighted by atomic mass is 19.3. The maximum Gasteiger partial charge on any atom is 0.257 e. The minimum atomic E-state index is -2.38. The van der Waals surface area contributed by atoms with Crippen molar-refractivity contribution in [1.29, 1.82) is 0 Å². The summed E-state index contributed by atoms with van der Waals surface area (Å²) in [4.78, 5) is 0. The van der Waals surface area contributed by atoms with Crippen LogP contribution in [0, 0.1) is 6.92 Å². The van der Waals surface area contributed by atoms with Gasteiger partial charge in [0.1, 0.15) is 12.4 Å². The van der Waals surface area contributed by atoms with Gasteiger partial charge in [0.25, 0.3) is 6.43 Å². The fourth-order valence-corrected chi connectivity index (χ4v) is 0.771. The van der Waals surface area contributed by atoms with Gasteiger partial charge >= 0.3 is 0 Å². The van der Waals surface area contributed by atoms with Crippen LogP contribution in [0.15, 0.2) is 6.20 Å². The number of rotatable bonds is 2. The molecule has 0 bridgehead atoms. The van der Waals surface area contributed by atoms with E-state index in [1.807, 2.05) is 0 Å². The number of nitrogen functional groups attached to an aromatic ring is 1. The quantitative estimate of drug-likeness (QED) is 0.704. The molecule has 1 aromatic heterocycles. The molecule has 0 atom stereocenters. The van der Waals surface area contributed by atoms with Gasteiger partial charge in [-0.05, 0) is 6.92 Å². The van der Waals surface area contributed by atoms with Crippen molar-refractivity contribution in [2.24, 2.45) is 0 Å². The average Bonchev–Trinajstić information content (AvgIpc) is 2.10. The summed E-state index contributed by atoms with van der Waals surface area (Å²) in [5.74, 6) is 0.311. The highest BCUT2D eigenvalue weighted by Crippen LogP contribution is 2.07. The maximum atomic E-state index is 11.8. The summed E-state index contributed by atoms with van der Waals surface area (Å²) in [6.07, 6.45) is -0.879. The number of aryl methyl sites for hydroxylation is 1. The molecule has 0 fully saturated rings. The van der Waals surface area contributed by atoms with Crippen molar-refractivity contribution in [3.05, 3.63) is 11.8 Å². The van der Waals surface area contributed by atoms with Crippen molar-refractivity contribution >= 4 is 5.82 Å². The van der Waals surface area contributed by atoms with E-state index in [1.54, 1.807) is 6.92 Å². The van der Waals surface area contributed by atoms with Crippen LogP contribution in [0.25, 0.3) is 0 Å². The van der Waals surface area contributed by atoms with Gasteiger partial charge in [-0.25, -0.2) is 8.78 Å². The van der Waals surface area contributed by atoms with Crippen LogP contribution >= 0.6 is 0 Å². The van der Waals surface area contributed by atoms with Gasteiger partial charge in [0.15, 0.2) is 0 Å². The fourth-order valence-electron chi connectivity index (χ4n) is 0.771. The first-order valence-corrected chi connectivity index (χ1v) is 3.17. The Morgan fingerprint density at radius 1 is 1.73 bits per heavy atom. The van der Waals surface area contributed by atoms with Gasteiger partial charge in [-0.2, -0.15) is 5.10 Å². The lowest BCUT2D eigenvalue weighted by atomic mass is 10.4. The van der Waals surface area contributed by atoms with Crippen molar-refractivity contribution in [2.45, 2.75) is 19.9 Å². The smallest absolute Gasteiger partial charge is 0.257 e. The molecule has 0 spiro atoms. The second-order valence-electron chi connectivity index (χ2n) is 2.31.